The van der Waals surface area contributed by atoms with Gasteiger partial charge in [0.25, 0.3) is 0 Å². The van der Waals surface area contributed by atoms with Crippen molar-refractivity contribution in [3.05, 3.63) is 84.4 Å². The summed E-state index contributed by atoms with van der Waals surface area (Å²) in [4.78, 5) is 3.32. The second kappa shape index (κ2) is 10.8. The molecule has 0 aromatic heterocycles. The minimum absolute atomic E-state index is 0.714. The molecule has 3 aromatic rings. The lowest BCUT2D eigenvalue weighted by Gasteiger charge is -2.25. The summed E-state index contributed by atoms with van der Waals surface area (Å²) in [6.45, 7) is 2.47. The van der Waals surface area contributed by atoms with E-state index in [-0.39, 0.29) is 0 Å². The standard InChI is InChI=1S/C24H29N3OS/c1-26(2)17-8-18-28-24-12-7-6-9-20(24)19-27(22-10-4-3-5-11-22)29-23-15-13-21(25)14-16-23/h3-7,9-16H,8,17-19,25H2,1-2H3. The zero-order valence-corrected chi connectivity index (χ0v) is 17.9. The van der Waals surface area contributed by atoms with Crippen LogP contribution in [-0.4, -0.2) is 32.1 Å². The summed E-state index contributed by atoms with van der Waals surface area (Å²) < 4.78 is 8.40. The summed E-state index contributed by atoms with van der Waals surface area (Å²) in [6.07, 6.45) is 1.00. The number of anilines is 2. The van der Waals surface area contributed by atoms with Gasteiger partial charge in [0.1, 0.15) is 5.75 Å². The summed E-state index contributed by atoms with van der Waals surface area (Å²) in [5.74, 6) is 0.949. The fourth-order valence-corrected chi connectivity index (χ4v) is 3.86. The van der Waals surface area contributed by atoms with Crippen molar-refractivity contribution in [3.8, 4) is 5.75 Å². The van der Waals surface area contributed by atoms with Crippen molar-refractivity contribution in [1.82, 2.24) is 4.90 Å². The van der Waals surface area contributed by atoms with Gasteiger partial charge in [-0.15, -0.1) is 0 Å². The third kappa shape index (κ3) is 6.73. The van der Waals surface area contributed by atoms with Crippen LogP contribution in [0.3, 0.4) is 0 Å². The van der Waals surface area contributed by atoms with Crippen molar-refractivity contribution < 1.29 is 4.74 Å². The number of para-hydroxylation sites is 2. The molecule has 29 heavy (non-hydrogen) atoms. The summed E-state index contributed by atoms with van der Waals surface area (Å²) in [7, 11) is 4.17. The minimum Gasteiger partial charge on any atom is -0.493 e. The number of hydrogen-bond donors (Lipinski definition) is 1. The van der Waals surface area contributed by atoms with E-state index in [4.69, 9.17) is 10.5 Å². The average molecular weight is 408 g/mol. The predicted molar refractivity (Wildman–Crippen MR) is 124 cm³/mol. The predicted octanol–water partition coefficient (Wildman–Crippen LogP) is 5.31. The van der Waals surface area contributed by atoms with Crippen molar-refractivity contribution in [1.29, 1.82) is 0 Å². The lowest BCUT2D eigenvalue weighted by atomic mass is 10.2. The quantitative estimate of drug-likeness (QED) is 0.280. The molecular weight excluding hydrogens is 378 g/mol. The molecule has 0 aliphatic rings. The Morgan fingerprint density at radius 2 is 1.55 bits per heavy atom. The molecule has 0 spiro atoms. The molecule has 0 bridgehead atoms. The zero-order valence-electron chi connectivity index (χ0n) is 17.1. The van der Waals surface area contributed by atoms with E-state index >= 15 is 0 Å². The van der Waals surface area contributed by atoms with Crippen LogP contribution in [0.4, 0.5) is 11.4 Å². The molecule has 3 aromatic carbocycles. The topological polar surface area (TPSA) is 41.7 Å². The summed E-state index contributed by atoms with van der Waals surface area (Å²) in [6, 6.07) is 26.7. The maximum atomic E-state index is 6.11. The van der Waals surface area contributed by atoms with Gasteiger partial charge in [-0.05, 0) is 74.9 Å². The summed E-state index contributed by atoms with van der Waals surface area (Å²) >= 11 is 1.70. The van der Waals surface area contributed by atoms with Crippen LogP contribution in [-0.2, 0) is 6.54 Å². The first-order chi connectivity index (χ1) is 14.1. The van der Waals surface area contributed by atoms with Crippen LogP contribution >= 0.6 is 11.9 Å². The van der Waals surface area contributed by atoms with Gasteiger partial charge in [-0.2, -0.15) is 0 Å². The van der Waals surface area contributed by atoms with Gasteiger partial charge in [-0.25, -0.2) is 0 Å². The van der Waals surface area contributed by atoms with Gasteiger partial charge in [0, 0.05) is 28.4 Å². The first-order valence-electron chi connectivity index (χ1n) is 9.83. The largest absolute Gasteiger partial charge is 0.493 e. The lowest BCUT2D eigenvalue weighted by Crippen LogP contribution is -2.17. The van der Waals surface area contributed by atoms with Gasteiger partial charge in [-0.3, -0.25) is 0 Å². The van der Waals surface area contributed by atoms with E-state index in [1.165, 1.54) is 5.56 Å². The Labute approximate surface area is 178 Å². The Kier molecular flexibility index (Phi) is 7.85. The summed E-state index contributed by atoms with van der Waals surface area (Å²) in [5.41, 5.74) is 8.94. The number of hydrogen-bond acceptors (Lipinski definition) is 5. The Morgan fingerprint density at radius 3 is 2.28 bits per heavy atom. The second-order valence-corrected chi connectivity index (χ2v) is 8.24. The van der Waals surface area contributed by atoms with E-state index in [1.807, 2.05) is 24.3 Å². The molecule has 4 nitrogen and oxygen atoms in total. The van der Waals surface area contributed by atoms with Crippen molar-refractivity contribution >= 4 is 23.3 Å². The molecule has 2 N–H and O–H groups in total. The third-order valence-corrected chi connectivity index (χ3v) is 5.48. The Hall–Kier alpha value is -2.63. The number of benzene rings is 3. The third-order valence-electron chi connectivity index (χ3n) is 4.43. The first kappa shape index (κ1) is 21.1. The van der Waals surface area contributed by atoms with Crippen LogP contribution < -0.4 is 14.8 Å². The molecule has 0 fully saturated rings. The van der Waals surface area contributed by atoms with Gasteiger partial charge < -0.3 is 19.7 Å². The van der Waals surface area contributed by atoms with Crippen molar-refractivity contribution in [2.24, 2.45) is 0 Å². The average Bonchev–Trinajstić information content (AvgIpc) is 2.74. The van der Waals surface area contributed by atoms with E-state index in [2.05, 4.69) is 77.9 Å². The molecule has 0 atom stereocenters. The molecule has 152 valence electrons. The highest BCUT2D eigenvalue weighted by Crippen LogP contribution is 2.33. The molecule has 0 amide bonds. The highest BCUT2D eigenvalue weighted by atomic mass is 32.2. The van der Waals surface area contributed by atoms with Crippen molar-refractivity contribution in [2.45, 2.75) is 17.9 Å². The fourth-order valence-electron chi connectivity index (χ4n) is 2.92. The maximum Gasteiger partial charge on any atom is 0.124 e. The van der Waals surface area contributed by atoms with Crippen LogP contribution in [0.5, 0.6) is 5.75 Å². The molecule has 0 aliphatic heterocycles. The molecule has 0 unspecified atom stereocenters. The fraction of sp³-hybridized carbons (Fsp3) is 0.250. The molecule has 3 rings (SSSR count). The van der Waals surface area contributed by atoms with Gasteiger partial charge in [0.05, 0.1) is 13.2 Å². The minimum atomic E-state index is 0.714. The van der Waals surface area contributed by atoms with Crippen LogP contribution in [0, 0.1) is 0 Å². The molecular formula is C24H29N3OS. The number of nitrogens with zero attached hydrogens (tertiary/aromatic N) is 2. The number of nitrogens with two attached hydrogens (primary N) is 1. The van der Waals surface area contributed by atoms with E-state index in [9.17, 15) is 0 Å². The van der Waals surface area contributed by atoms with Crippen molar-refractivity contribution in [2.75, 3.05) is 37.3 Å². The van der Waals surface area contributed by atoms with Crippen LogP contribution in [0.25, 0.3) is 0 Å². The SMILES string of the molecule is CN(C)CCCOc1ccccc1CN(Sc1ccc(N)cc1)c1ccccc1. The first-order valence-corrected chi connectivity index (χ1v) is 10.6. The molecule has 0 saturated heterocycles. The number of rotatable bonds is 10. The smallest absolute Gasteiger partial charge is 0.124 e. The van der Waals surface area contributed by atoms with Gasteiger partial charge in [0.2, 0.25) is 0 Å². The van der Waals surface area contributed by atoms with Gasteiger partial charge >= 0.3 is 0 Å². The normalized spacial score (nSPS) is 10.9. The van der Waals surface area contributed by atoms with E-state index in [0.29, 0.717) is 6.61 Å². The molecule has 0 saturated carbocycles. The monoisotopic (exact) mass is 407 g/mol. The van der Waals surface area contributed by atoms with Gasteiger partial charge in [0.15, 0.2) is 0 Å². The molecule has 0 radical (unpaired) electrons. The molecule has 5 heteroatoms. The van der Waals surface area contributed by atoms with Crippen LogP contribution in [0.15, 0.2) is 83.8 Å². The summed E-state index contributed by atoms with van der Waals surface area (Å²) in [5, 5.41) is 0. The van der Waals surface area contributed by atoms with E-state index in [0.717, 1.165) is 41.5 Å². The molecule has 0 heterocycles. The Bertz CT molecular complexity index is 869. The Balaban J connectivity index is 1.76. The van der Waals surface area contributed by atoms with E-state index < -0.39 is 0 Å². The molecule has 0 aliphatic carbocycles. The van der Waals surface area contributed by atoms with Crippen LogP contribution in [0.1, 0.15) is 12.0 Å². The maximum absolute atomic E-state index is 6.11. The zero-order chi connectivity index (χ0) is 20.5. The van der Waals surface area contributed by atoms with Crippen LogP contribution in [0.2, 0.25) is 0 Å². The lowest BCUT2D eigenvalue weighted by molar-refractivity contribution is 0.279. The van der Waals surface area contributed by atoms with E-state index in [1.54, 1.807) is 11.9 Å². The second-order valence-electron chi connectivity index (χ2n) is 7.15. The van der Waals surface area contributed by atoms with Gasteiger partial charge in [-0.1, -0.05) is 36.4 Å². The Morgan fingerprint density at radius 1 is 0.862 bits per heavy atom. The number of nitrogen functional groups attached to an aromatic ring is 1. The highest BCUT2D eigenvalue weighted by molar-refractivity contribution is 8.00. The highest BCUT2D eigenvalue weighted by Gasteiger charge is 2.13. The van der Waals surface area contributed by atoms with Crippen molar-refractivity contribution in [3.63, 3.8) is 0 Å². The number of ether oxygens (including phenoxy) is 1.